The first kappa shape index (κ1) is 12.7. The van der Waals surface area contributed by atoms with Gasteiger partial charge in [0.05, 0.1) is 0 Å². The van der Waals surface area contributed by atoms with Crippen molar-refractivity contribution in [3.05, 3.63) is 11.1 Å². The molecule has 90 valence electrons. The van der Waals surface area contributed by atoms with Crippen molar-refractivity contribution in [2.75, 3.05) is 0 Å². The molecule has 0 fully saturated rings. The van der Waals surface area contributed by atoms with Crippen LogP contribution in [0.2, 0.25) is 0 Å². The molecule has 1 atom stereocenters. The average Bonchev–Trinajstić information content (AvgIpc) is 2.64. The smallest absolute Gasteiger partial charge is 0.329 e. The highest BCUT2D eigenvalue weighted by Crippen LogP contribution is 2.26. The summed E-state index contributed by atoms with van der Waals surface area (Å²) >= 11 is 0. The summed E-state index contributed by atoms with van der Waals surface area (Å²) in [5.74, 6) is -1.21. The van der Waals surface area contributed by atoms with Crippen molar-refractivity contribution < 1.29 is 14.7 Å². The van der Waals surface area contributed by atoms with Crippen molar-refractivity contribution in [2.45, 2.75) is 52.0 Å². The van der Waals surface area contributed by atoms with Crippen LogP contribution in [0.4, 0.5) is 0 Å². The van der Waals surface area contributed by atoms with Crippen LogP contribution in [0, 0.1) is 0 Å². The Labute approximate surface area is 95.7 Å². The van der Waals surface area contributed by atoms with Crippen molar-refractivity contribution in [3.8, 4) is 0 Å². The van der Waals surface area contributed by atoms with E-state index in [1.165, 1.54) is 6.92 Å². The number of carboxylic acids is 1. The van der Waals surface area contributed by atoms with E-state index in [1.807, 2.05) is 6.92 Å². The number of amides is 1. The third kappa shape index (κ3) is 2.43. The van der Waals surface area contributed by atoms with Gasteiger partial charge in [-0.25, -0.2) is 4.79 Å². The SMILES string of the molecule is CCC(C)(NC(=O)C1=C(C)CCC1)C(=O)O. The molecule has 4 heteroatoms. The van der Waals surface area contributed by atoms with E-state index < -0.39 is 11.5 Å². The number of carbonyl (C=O) groups excluding carboxylic acids is 1. The van der Waals surface area contributed by atoms with E-state index in [-0.39, 0.29) is 5.91 Å². The Kier molecular flexibility index (Phi) is 3.73. The highest BCUT2D eigenvalue weighted by atomic mass is 16.4. The summed E-state index contributed by atoms with van der Waals surface area (Å²) < 4.78 is 0. The second kappa shape index (κ2) is 4.68. The number of hydrogen-bond acceptors (Lipinski definition) is 2. The molecule has 1 rings (SSSR count). The molecule has 0 saturated heterocycles. The highest BCUT2D eigenvalue weighted by molar-refractivity contribution is 5.98. The maximum Gasteiger partial charge on any atom is 0.329 e. The number of nitrogens with one attached hydrogen (secondary N) is 1. The maximum absolute atomic E-state index is 11.9. The van der Waals surface area contributed by atoms with Gasteiger partial charge in [-0.2, -0.15) is 0 Å². The van der Waals surface area contributed by atoms with Gasteiger partial charge in [0.1, 0.15) is 5.54 Å². The number of allylic oxidation sites excluding steroid dienone is 1. The lowest BCUT2D eigenvalue weighted by molar-refractivity contribution is -0.146. The lowest BCUT2D eigenvalue weighted by Crippen LogP contribution is -2.52. The monoisotopic (exact) mass is 225 g/mol. The highest BCUT2D eigenvalue weighted by Gasteiger charge is 2.34. The third-order valence-corrected chi connectivity index (χ3v) is 3.34. The zero-order valence-electron chi connectivity index (χ0n) is 10.1. The standard InChI is InChI=1S/C12H19NO3/c1-4-12(3,11(15)16)13-10(14)9-7-5-6-8(9)2/h4-7H2,1-3H3,(H,13,14)(H,15,16). The number of carbonyl (C=O) groups is 2. The Morgan fingerprint density at radius 3 is 2.44 bits per heavy atom. The van der Waals surface area contributed by atoms with Crippen LogP contribution in [-0.4, -0.2) is 22.5 Å². The van der Waals surface area contributed by atoms with E-state index in [1.54, 1.807) is 6.92 Å². The third-order valence-electron chi connectivity index (χ3n) is 3.34. The van der Waals surface area contributed by atoms with Gasteiger partial charge in [0, 0.05) is 5.57 Å². The predicted molar refractivity (Wildman–Crippen MR) is 61.0 cm³/mol. The van der Waals surface area contributed by atoms with Crippen LogP contribution >= 0.6 is 0 Å². The van der Waals surface area contributed by atoms with Gasteiger partial charge in [0.15, 0.2) is 0 Å². The molecule has 1 unspecified atom stereocenters. The van der Waals surface area contributed by atoms with Crippen molar-refractivity contribution in [1.82, 2.24) is 5.32 Å². The summed E-state index contributed by atoms with van der Waals surface area (Å²) in [6, 6.07) is 0. The number of rotatable bonds is 4. The minimum atomic E-state index is -1.16. The lowest BCUT2D eigenvalue weighted by Gasteiger charge is -2.25. The van der Waals surface area contributed by atoms with Crippen LogP contribution in [0.3, 0.4) is 0 Å². The van der Waals surface area contributed by atoms with Crippen LogP contribution in [0.5, 0.6) is 0 Å². The minimum absolute atomic E-state index is 0.221. The van der Waals surface area contributed by atoms with Crippen LogP contribution in [0.1, 0.15) is 46.5 Å². The zero-order valence-corrected chi connectivity index (χ0v) is 10.1. The summed E-state index contributed by atoms with van der Waals surface area (Å²) in [5, 5.41) is 11.7. The Hall–Kier alpha value is -1.32. The first-order chi connectivity index (χ1) is 7.40. The molecule has 0 radical (unpaired) electrons. The molecule has 0 bridgehead atoms. The van der Waals surface area contributed by atoms with Crippen LogP contribution in [0.25, 0.3) is 0 Å². The van der Waals surface area contributed by atoms with Gasteiger partial charge < -0.3 is 10.4 Å². The van der Waals surface area contributed by atoms with Crippen molar-refractivity contribution in [2.24, 2.45) is 0 Å². The summed E-state index contributed by atoms with van der Waals surface area (Å²) in [5.41, 5.74) is 0.690. The van der Waals surface area contributed by atoms with Gasteiger partial charge in [0.2, 0.25) is 5.91 Å². The molecule has 0 aromatic heterocycles. The van der Waals surface area contributed by atoms with Gasteiger partial charge in [-0.1, -0.05) is 12.5 Å². The van der Waals surface area contributed by atoms with E-state index in [4.69, 9.17) is 5.11 Å². The van der Waals surface area contributed by atoms with Crippen molar-refractivity contribution in [3.63, 3.8) is 0 Å². The van der Waals surface area contributed by atoms with E-state index >= 15 is 0 Å². The number of hydrogen-bond donors (Lipinski definition) is 2. The quantitative estimate of drug-likeness (QED) is 0.767. The molecule has 2 N–H and O–H groups in total. The Morgan fingerprint density at radius 1 is 1.44 bits per heavy atom. The molecule has 0 aliphatic heterocycles. The Bertz CT molecular complexity index is 346. The maximum atomic E-state index is 11.9. The van der Waals surface area contributed by atoms with Crippen molar-refractivity contribution >= 4 is 11.9 Å². The molecule has 1 aliphatic carbocycles. The van der Waals surface area contributed by atoms with E-state index in [2.05, 4.69) is 5.32 Å². The summed E-state index contributed by atoms with van der Waals surface area (Å²) in [6.45, 7) is 5.23. The van der Waals surface area contributed by atoms with Gasteiger partial charge in [0.25, 0.3) is 0 Å². The average molecular weight is 225 g/mol. The van der Waals surface area contributed by atoms with E-state index in [0.29, 0.717) is 6.42 Å². The lowest BCUT2D eigenvalue weighted by atomic mass is 9.98. The van der Waals surface area contributed by atoms with Crippen LogP contribution in [-0.2, 0) is 9.59 Å². The normalized spacial score (nSPS) is 19.4. The molecule has 1 amide bonds. The number of carboxylic acid groups (broad SMARTS) is 1. The fourth-order valence-electron chi connectivity index (χ4n) is 1.82. The fourth-order valence-corrected chi connectivity index (χ4v) is 1.82. The Balaban J connectivity index is 2.78. The first-order valence-corrected chi connectivity index (χ1v) is 5.65. The molecule has 4 nitrogen and oxygen atoms in total. The molecule has 0 saturated carbocycles. The molecule has 1 aliphatic rings. The molecular formula is C12H19NO3. The minimum Gasteiger partial charge on any atom is -0.480 e. The summed E-state index contributed by atoms with van der Waals surface area (Å²) in [7, 11) is 0. The van der Waals surface area contributed by atoms with Gasteiger partial charge in [-0.3, -0.25) is 4.79 Å². The topological polar surface area (TPSA) is 66.4 Å². The largest absolute Gasteiger partial charge is 0.480 e. The van der Waals surface area contributed by atoms with Gasteiger partial charge >= 0.3 is 5.97 Å². The first-order valence-electron chi connectivity index (χ1n) is 5.65. The molecule has 16 heavy (non-hydrogen) atoms. The van der Waals surface area contributed by atoms with Gasteiger partial charge in [-0.15, -0.1) is 0 Å². The van der Waals surface area contributed by atoms with Crippen LogP contribution in [0.15, 0.2) is 11.1 Å². The molecule has 0 heterocycles. The summed E-state index contributed by atoms with van der Waals surface area (Å²) in [4.78, 5) is 23.0. The molecular weight excluding hydrogens is 206 g/mol. The molecule has 0 aromatic carbocycles. The predicted octanol–water partition coefficient (Wildman–Crippen LogP) is 1.86. The second-order valence-electron chi connectivity index (χ2n) is 4.56. The van der Waals surface area contributed by atoms with Gasteiger partial charge in [-0.05, 0) is 39.5 Å². The molecule has 0 aromatic rings. The Morgan fingerprint density at radius 2 is 2.06 bits per heavy atom. The summed E-state index contributed by atoms with van der Waals surface area (Å²) in [6.07, 6.45) is 3.07. The second-order valence-corrected chi connectivity index (χ2v) is 4.56. The molecule has 0 spiro atoms. The number of aliphatic carboxylic acids is 1. The van der Waals surface area contributed by atoms with E-state index in [9.17, 15) is 9.59 Å². The van der Waals surface area contributed by atoms with Crippen molar-refractivity contribution in [1.29, 1.82) is 0 Å². The van der Waals surface area contributed by atoms with Crippen LogP contribution < -0.4 is 5.32 Å². The van der Waals surface area contributed by atoms with E-state index in [0.717, 1.165) is 30.4 Å². The zero-order chi connectivity index (χ0) is 12.3. The fraction of sp³-hybridized carbons (Fsp3) is 0.667.